The maximum Gasteiger partial charge on any atom is 0.160 e. The molecule has 0 atom stereocenters. The molecule has 0 heterocycles. The molecule has 0 aliphatic carbocycles. The molecular formula is C38H44O8. The van der Waals surface area contributed by atoms with E-state index < -0.39 is 0 Å². The van der Waals surface area contributed by atoms with Crippen molar-refractivity contribution < 1.29 is 38.1 Å². The van der Waals surface area contributed by atoms with E-state index in [1.54, 1.807) is 90.0 Å². The Morgan fingerprint density at radius 3 is 1.28 bits per heavy atom. The van der Waals surface area contributed by atoms with Gasteiger partial charge in [0.15, 0.2) is 28.8 Å². The molecule has 0 aliphatic rings. The number of carbonyl (C=O) groups excluding carboxylic acids is 3. The molecule has 46 heavy (non-hydrogen) atoms. The quantitative estimate of drug-likeness (QED) is 0.128. The van der Waals surface area contributed by atoms with Crippen LogP contribution in [0.25, 0.3) is 0 Å². The van der Waals surface area contributed by atoms with Gasteiger partial charge in [-0.05, 0) is 87.9 Å². The van der Waals surface area contributed by atoms with Crippen LogP contribution >= 0.6 is 0 Å². The summed E-state index contributed by atoms with van der Waals surface area (Å²) >= 11 is 0. The highest BCUT2D eigenvalue weighted by Gasteiger charge is 2.02. The number of para-hydroxylation sites is 2. The zero-order chi connectivity index (χ0) is 34.5. The van der Waals surface area contributed by atoms with E-state index in [2.05, 4.69) is 6.58 Å². The van der Waals surface area contributed by atoms with E-state index in [9.17, 15) is 14.4 Å². The van der Waals surface area contributed by atoms with Crippen molar-refractivity contribution in [3.8, 4) is 28.7 Å². The standard InChI is InChI=1S/C11H12O2.C10H10O2.C9H12O2.C8H10O2/c1-3-8-13-11-6-4-10(5-7-11)9(2)12;1-7(11)9-3-5-10(6-4-9)8(2)12;1-7-6-8(10-2)4-5-9(7)11-3;1-9-7-5-3-4-6-8(7)10-2/h3-7H,1,8H2,2H3;3-6H,1-2H3;4-6H,1-3H3;3-6H,1-2H3. The predicted molar refractivity (Wildman–Crippen MR) is 182 cm³/mol. The summed E-state index contributed by atoms with van der Waals surface area (Å²) in [5.41, 5.74) is 3.07. The number of carbonyl (C=O) groups is 3. The fourth-order valence-corrected chi connectivity index (χ4v) is 3.65. The summed E-state index contributed by atoms with van der Waals surface area (Å²) in [6.07, 6.45) is 1.68. The van der Waals surface area contributed by atoms with Crippen molar-refractivity contribution in [1.82, 2.24) is 0 Å². The molecule has 0 saturated carbocycles. The molecule has 8 nitrogen and oxygen atoms in total. The van der Waals surface area contributed by atoms with E-state index in [0.29, 0.717) is 23.3 Å². The summed E-state index contributed by atoms with van der Waals surface area (Å²) in [5.74, 6) is 4.15. The Morgan fingerprint density at radius 1 is 0.565 bits per heavy atom. The number of hydrogen-bond acceptors (Lipinski definition) is 8. The van der Waals surface area contributed by atoms with Crippen LogP contribution in [0.5, 0.6) is 28.7 Å². The van der Waals surface area contributed by atoms with Crippen LogP contribution in [0.15, 0.2) is 104 Å². The molecule has 0 N–H and O–H groups in total. The van der Waals surface area contributed by atoms with E-state index in [0.717, 1.165) is 34.3 Å². The SMILES string of the molecule is C=CCOc1ccc(C(C)=O)cc1.CC(=O)c1ccc(C(C)=O)cc1.COc1ccc(OC)c(C)c1.COc1ccccc1OC. The van der Waals surface area contributed by atoms with Crippen molar-refractivity contribution in [2.45, 2.75) is 27.7 Å². The van der Waals surface area contributed by atoms with Gasteiger partial charge >= 0.3 is 0 Å². The van der Waals surface area contributed by atoms with Gasteiger partial charge in [-0.2, -0.15) is 0 Å². The molecule has 0 saturated heterocycles. The monoisotopic (exact) mass is 628 g/mol. The highest BCUT2D eigenvalue weighted by Crippen LogP contribution is 2.24. The first kappa shape index (κ1) is 38.7. The third-order valence-electron chi connectivity index (χ3n) is 6.22. The maximum absolute atomic E-state index is 10.9. The van der Waals surface area contributed by atoms with E-state index in [1.807, 2.05) is 49.4 Å². The van der Waals surface area contributed by atoms with Gasteiger partial charge in [0.25, 0.3) is 0 Å². The van der Waals surface area contributed by atoms with Crippen LogP contribution in [0.4, 0.5) is 0 Å². The average molecular weight is 629 g/mol. The molecule has 4 rings (SSSR count). The molecule has 244 valence electrons. The number of rotatable bonds is 10. The normalized spacial score (nSPS) is 9.30. The van der Waals surface area contributed by atoms with Gasteiger partial charge in [-0.15, -0.1) is 0 Å². The Bertz CT molecular complexity index is 1470. The molecule has 0 unspecified atom stereocenters. The Morgan fingerprint density at radius 2 is 0.957 bits per heavy atom. The van der Waals surface area contributed by atoms with Crippen LogP contribution in [-0.4, -0.2) is 52.4 Å². The number of Topliss-reactive ketones (excluding diaryl/α,β-unsaturated/α-hetero) is 3. The second-order valence-corrected chi connectivity index (χ2v) is 9.56. The Labute approximate surface area is 272 Å². The van der Waals surface area contributed by atoms with Crippen LogP contribution in [0.1, 0.15) is 57.4 Å². The molecule has 0 bridgehead atoms. The summed E-state index contributed by atoms with van der Waals surface area (Å²) in [6.45, 7) is 10.6. The van der Waals surface area contributed by atoms with E-state index in [4.69, 9.17) is 23.7 Å². The minimum atomic E-state index is 0.0186. The van der Waals surface area contributed by atoms with Gasteiger partial charge in [-0.1, -0.05) is 49.1 Å². The number of hydrogen-bond donors (Lipinski definition) is 0. The van der Waals surface area contributed by atoms with Crippen molar-refractivity contribution >= 4 is 17.3 Å². The molecule has 0 amide bonds. The lowest BCUT2D eigenvalue weighted by molar-refractivity contribution is 0.100. The summed E-state index contributed by atoms with van der Waals surface area (Å²) in [7, 11) is 6.56. The van der Waals surface area contributed by atoms with E-state index in [-0.39, 0.29) is 17.3 Å². The Kier molecular flexibility index (Phi) is 17.9. The second kappa shape index (κ2) is 21.4. The molecule has 0 spiro atoms. The minimum absolute atomic E-state index is 0.0186. The highest BCUT2D eigenvalue weighted by molar-refractivity contribution is 5.97. The van der Waals surface area contributed by atoms with Crippen molar-refractivity contribution in [3.63, 3.8) is 0 Å². The molecule has 4 aromatic rings. The van der Waals surface area contributed by atoms with Gasteiger partial charge < -0.3 is 23.7 Å². The van der Waals surface area contributed by atoms with Gasteiger partial charge in [0, 0.05) is 16.7 Å². The van der Waals surface area contributed by atoms with Crippen LogP contribution in [0.3, 0.4) is 0 Å². The van der Waals surface area contributed by atoms with Crippen LogP contribution in [-0.2, 0) is 0 Å². The maximum atomic E-state index is 10.9. The van der Waals surface area contributed by atoms with Crippen molar-refractivity contribution in [1.29, 1.82) is 0 Å². The van der Waals surface area contributed by atoms with Gasteiger partial charge in [0.05, 0.1) is 28.4 Å². The lowest BCUT2D eigenvalue weighted by Crippen LogP contribution is -1.95. The first-order valence-corrected chi connectivity index (χ1v) is 14.3. The van der Waals surface area contributed by atoms with Crippen LogP contribution in [0, 0.1) is 6.92 Å². The van der Waals surface area contributed by atoms with Crippen molar-refractivity contribution in [2.24, 2.45) is 0 Å². The molecule has 0 aromatic heterocycles. The number of methoxy groups -OCH3 is 4. The second-order valence-electron chi connectivity index (χ2n) is 9.56. The van der Waals surface area contributed by atoms with Gasteiger partial charge in [-0.3, -0.25) is 14.4 Å². The zero-order valence-corrected chi connectivity index (χ0v) is 27.9. The third kappa shape index (κ3) is 13.9. The Hall–Kier alpha value is -5.37. The van der Waals surface area contributed by atoms with Gasteiger partial charge in [0.2, 0.25) is 0 Å². The topological polar surface area (TPSA) is 97.4 Å². The van der Waals surface area contributed by atoms with Crippen molar-refractivity contribution in [2.75, 3.05) is 35.0 Å². The number of ketones is 3. The summed E-state index contributed by atoms with van der Waals surface area (Å²) in [6, 6.07) is 27.0. The summed E-state index contributed by atoms with van der Waals surface area (Å²) < 4.78 is 25.4. The van der Waals surface area contributed by atoms with E-state index >= 15 is 0 Å². The van der Waals surface area contributed by atoms with Crippen LogP contribution < -0.4 is 23.7 Å². The highest BCUT2D eigenvalue weighted by atomic mass is 16.5. The number of ether oxygens (including phenoxy) is 5. The molecular weight excluding hydrogens is 584 g/mol. The fraction of sp³-hybridized carbons (Fsp3) is 0.237. The summed E-state index contributed by atoms with van der Waals surface area (Å²) in [5, 5.41) is 0. The summed E-state index contributed by atoms with van der Waals surface area (Å²) in [4.78, 5) is 32.6. The zero-order valence-electron chi connectivity index (χ0n) is 27.9. The lowest BCUT2D eigenvalue weighted by atomic mass is 10.1. The average Bonchev–Trinajstić information content (AvgIpc) is 3.08. The minimum Gasteiger partial charge on any atom is -0.497 e. The largest absolute Gasteiger partial charge is 0.497 e. The number of aryl methyl sites for hydroxylation is 1. The van der Waals surface area contributed by atoms with E-state index in [1.165, 1.54) is 13.8 Å². The lowest BCUT2D eigenvalue weighted by Gasteiger charge is -2.05. The third-order valence-corrected chi connectivity index (χ3v) is 6.22. The van der Waals surface area contributed by atoms with Gasteiger partial charge in [0.1, 0.15) is 23.9 Å². The molecule has 0 radical (unpaired) electrons. The molecule has 0 aliphatic heterocycles. The smallest absolute Gasteiger partial charge is 0.160 e. The predicted octanol–water partition coefficient (Wildman–Crippen LogP) is 8.26. The first-order chi connectivity index (χ1) is 22.0. The number of benzene rings is 4. The van der Waals surface area contributed by atoms with Crippen LogP contribution in [0.2, 0.25) is 0 Å². The Balaban J connectivity index is 0.000000308. The molecule has 0 fully saturated rings. The van der Waals surface area contributed by atoms with Gasteiger partial charge in [-0.25, -0.2) is 0 Å². The molecule has 4 aromatic carbocycles. The molecule has 8 heteroatoms. The fourth-order valence-electron chi connectivity index (χ4n) is 3.65. The van der Waals surface area contributed by atoms with Crippen molar-refractivity contribution in [3.05, 3.63) is 126 Å². The first-order valence-electron chi connectivity index (χ1n) is 14.3.